The Kier molecular flexibility index (Phi) is 3.71. The minimum Gasteiger partial charge on any atom is -0.295 e. The molecule has 0 saturated carbocycles. The Morgan fingerprint density at radius 2 is 2.05 bits per heavy atom. The van der Waals surface area contributed by atoms with Crippen LogP contribution in [0.2, 0.25) is 5.02 Å². The van der Waals surface area contributed by atoms with E-state index in [1.165, 1.54) is 6.07 Å². The van der Waals surface area contributed by atoms with E-state index in [4.69, 9.17) is 23.2 Å². The van der Waals surface area contributed by atoms with Gasteiger partial charge in [-0.1, -0.05) is 17.7 Å². The SMILES string of the molecule is Fc1cccc2c1nc(CCl)n2-c1ccc(Br)c(Cl)c1. The molecule has 0 fully saturated rings. The average molecular weight is 374 g/mol. The van der Waals surface area contributed by atoms with Gasteiger partial charge in [-0.15, -0.1) is 11.6 Å². The number of hydrogen-bond acceptors (Lipinski definition) is 1. The number of imidazole rings is 1. The van der Waals surface area contributed by atoms with Crippen molar-refractivity contribution in [1.29, 1.82) is 0 Å². The van der Waals surface area contributed by atoms with Gasteiger partial charge in [0.2, 0.25) is 0 Å². The molecule has 0 aliphatic carbocycles. The van der Waals surface area contributed by atoms with Crippen LogP contribution in [0.1, 0.15) is 5.82 Å². The third-order valence-electron chi connectivity index (χ3n) is 2.99. The van der Waals surface area contributed by atoms with E-state index in [1.807, 2.05) is 16.7 Å². The molecule has 3 aromatic rings. The highest BCUT2D eigenvalue weighted by molar-refractivity contribution is 9.10. The molecule has 20 heavy (non-hydrogen) atoms. The van der Waals surface area contributed by atoms with Crippen molar-refractivity contribution in [2.75, 3.05) is 0 Å². The topological polar surface area (TPSA) is 17.8 Å². The molecule has 0 aliphatic rings. The zero-order chi connectivity index (χ0) is 14.3. The van der Waals surface area contributed by atoms with Crippen molar-refractivity contribution in [3.05, 3.63) is 57.5 Å². The molecule has 6 heteroatoms. The molecular formula is C14H8BrCl2FN2. The first-order valence-corrected chi connectivity index (χ1v) is 7.49. The molecule has 102 valence electrons. The summed E-state index contributed by atoms with van der Waals surface area (Å²) < 4.78 is 16.4. The van der Waals surface area contributed by atoms with E-state index in [0.717, 1.165) is 10.2 Å². The Balaban J connectivity index is 2.34. The third-order valence-corrected chi connectivity index (χ3v) is 4.46. The van der Waals surface area contributed by atoms with Gasteiger partial charge in [-0.05, 0) is 46.3 Å². The first-order chi connectivity index (χ1) is 9.61. The Morgan fingerprint density at radius 3 is 2.75 bits per heavy atom. The van der Waals surface area contributed by atoms with Gasteiger partial charge in [0, 0.05) is 10.2 Å². The number of hydrogen-bond donors (Lipinski definition) is 0. The first-order valence-electron chi connectivity index (χ1n) is 5.79. The van der Waals surface area contributed by atoms with Crippen molar-refractivity contribution in [3.8, 4) is 5.69 Å². The van der Waals surface area contributed by atoms with E-state index in [0.29, 0.717) is 21.9 Å². The number of halogens is 4. The fourth-order valence-electron chi connectivity index (χ4n) is 2.12. The number of benzene rings is 2. The van der Waals surface area contributed by atoms with Crippen molar-refractivity contribution in [2.24, 2.45) is 0 Å². The molecule has 1 aromatic heterocycles. The number of fused-ring (bicyclic) bond motifs is 1. The van der Waals surface area contributed by atoms with E-state index in [9.17, 15) is 4.39 Å². The number of aromatic nitrogens is 2. The lowest BCUT2D eigenvalue weighted by molar-refractivity contribution is 0.637. The lowest BCUT2D eigenvalue weighted by Crippen LogP contribution is -1.99. The molecule has 3 rings (SSSR count). The van der Waals surface area contributed by atoms with Crippen LogP contribution in [-0.4, -0.2) is 9.55 Å². The highest BCUT2D eigenvalue weighted by atomic mass is 79.9. The van der Waals surface area contributed by atoms with Gasteiger partial charge in [0.15, 0.2) is 5.82 Å². The Labute approximate surface area is 133 Å². The Hall–Kier alpha value is -1.10. The monoisotopic (exact) mass is 372 g/mol. The molecule has 0 radical (unpaired) electrons. The van der Waals surface area contributed by atoms with Crippen molar-refractivity contribution in [2.45, 2.75) is 5.88 Å². The summed E-state index contributed by atoms with van der Waals surface area (Å²) in [5.41, 5.74) is 1.77. The number of rotatable bonds is 2. The van der Waals surface area contributed by atoms with Crippen LogP contribution in [0, 0.1) is 5.82 Å². The van der Waals surface area contributed by atoms with Gasteiger partial charge >= 0.3 is 0 Å². The van der Waals surface area contributed by atoms with Gasteiger partial charge in [0.05, 0.1) is 16.4 Å². The molecule has 0 N–H and O–H groups in total. The molecule has 0 spiro atoms. The molecule has 0 aliphatic heterocycles. The fourth-order valence-corrected chi connectivity index (χ4v) is 2.72. The molecule has 0 saturated heterocycles. The summed E-state index contributed by atoms with van der Waals surface area (Å²) in [6.07, 6.45) is 0. The second-order valence-electron chi connectivity index (χ2n) is 4.20. The van der Waals surface area contributed by atoms with E-state index in [-0.39, 0.29) is 11.7 Å². The highest BCUT2D eigenvalue weighted by Gasteiger charge is 2.15. The van der Waals surface area contributed by atoms with Gasteiger partial charge in [0.1, 0.15) is 11.3 Å². The third kappa shape index (κ3) is 2.22. The van der Waals surface area contributed by atoms with Crippen molar-refractivity contribution in [1.82, 2.24) is 9.55 Å². The summed E-state index contributed by atoms with van der Waals surface area (Å²) in [6, 6.07) is 10.3. The molecule has 0 bridgehead atoms. The maximum Gasteiger partial charge on any atom is 0.151 e. The lowest BCUT2D eigenvalue weighted by atomic mass is 10.2. The number of nitrogens with zero attached hydrogens (tertiary/aromatic N) is 2. The number of para-hydroxylation sites is 1. The highest BCUT2D eigenvalue weighted by Crippen LogP contribution is 2.29. The summed E-state index contributed by atoms with van der Waals surface area (Å²) in [5.74, 6) is 0.392. The summed E-state index contributed by atoms with van der Waals surface area (Å²) in [5, 5.41) is 0.571. The lowest BCUT2D eigenvalue weighted by Gasteiger charge is -2.09. The van der Waals surface area contributed by atoms with Crippen LogP contribution in [0.4, 0.5) is 4.39 Å². The van der Waals surface area contributed by atoms with Gasteiger partial charge in [-0.3, -0.25) is 4.57 Å². The first kappa shape index (κ1) is 13.9. The van der Waals surface area contributed by atoms with Crippen LogP contribution in [0.3, 0.4) is 0 Å². The molecule has 2 aromatic carbocycles. The molecule has 0 atom stereocenters. The smallest absolute Gasteiger partial charge is 0.151 e. The Morgan fingerprint density at radius 1 is 1.25 bits per heavy atom. The fraction of sp³-hybridized carbons (Fsp3) is 0.0714. The summed E-state index contributed by atoms with van der Waals surface area (Å²) in [7, 11) is 0. The van der Waals surface area contributed by atoms with Crippen LogP contribution in [0.5, 0.6) is 0 Å². The van der Waals surface area contributed by atoms with E-state index < -0.39 is 0 Å². The average Bonchev–Trinajstić information content (AvgIpc) is 2.82. The zero-order valence-corrected chi connectivity index (χ0v) is 13.2. The second kappa shape index (κ2) is 5.35. The molecule has 1 heterocycles. The predicted molar refractivity (Wildman–Crippen MR) is 83.3 cm³/mol. The molecule has 0 amide bonds. The maximum atomic E-state index is 13.8. The standard InChI is InChI=1S/C14H8BrCl2FN2/c15-9-5-4-8(6-10(9)17)20-12-3-1-2-11(18)14(12)19-13(20)7-16/h1-6H,7H2. The summed E-state index contributed by atoms with van der Waals surface area (Å²) in [4.78, 5) is 4.26. The second-order valence-corrected chi connectivity index (χ2v) is 5.73. The molecular weight excluding hydrogens is 366 g/mol. The van der Waals surface area contributed by atoms with Crippen molar-refractivity contribution < 1.29 is 4.39 Å². The summed E-state index contributed by atoms with van der Waals surface area (Å²) in [6.45, 7) is 0. The molecule has 2 nitrogen and oxygen atoms in total. The minimum absolute atomic E-state index is 0.182. The van der Waals surface area contributed by atoms with E-state index >= 15 is 0 Å². The predicted octanol–water partition coefficient (Wildman–Crippen LogP) is 5.32. The van der Waals surface area contributed by atoms with Crippen molar-refractivity contribution >= 4 is 50.2 Å². The van der Waals surface area contributed by atoms with E-state index in [1.54, 1.807) is 18.2 Å². The van der Waals surface area contributed by atoms with Crippen LogP contribution in [0.25, 0.3) is 16.7 Å². The molecule has 0 unspecified atom stereocenters. The normalized spacial score (nSPS) is 11.2. The van der Waals surface area contributed by atoms with E-state index in [2.05, 4.69) is 20.9 Å². The van der Waals surface area contributed by atoms with Gasteiger partial charge in [-0.25, -0.2) is 9.37 Å². The van der Waals surface area contributed by atoms with Gasteiger partial charge < -0.3 is 0 Å². The minimum atomic E-state index is -0.365. The van der Waals surface area contributed by atoms with Crippen molar-refractivity contribution in [3.63, 3.8) is 0 Å². The van der Waals surface area contributed by atoms with Gasteiger partial charge in [-0.2, -0.15) is 0 Å². The van der Waals surface area contributed by atoms with Gasteiger partial charge in [0.25, 0.3) is 0 Å². The van der Waals surface area contributed by atoms with Crippen LogP contribution in [0.15, 0.2) is 40.9 Å². The van der Waals surface area contributed by atoms with Crippen LogP contribution in [-0.2, 0) is 5.88 Å². The summed E-state index contributed by atoms with van der Waals surface area (Å²) >= 11 is 15.4. The Bertz CT molecular complexity index is 801. The maximum absolute atomic E-state index is 13.8. The van der Waals surface area contributed by atoms with Crippen LogP contribution >= 0.6 is 39.1 Å². The largest absolute Gasteiger partial charge is 0.295 e. The number of alkyl halides is 1. The zero-order valence-electron chi connectivity index (χ0n) is 10.1. The quantitative estimate of drug-likeness (QED) is 0.556. The van der Waals surface area contributed by atoms with Crippen LogP contribution < -0.4 is 0 Å².